The highest BCUT2D eigenvalue weighted by Crippen LogP contribution is 2.22. The standard InChI is InChI=1S/C15H19N7O/c1-21(10-4-2-6-17-9-10)12-8-13-18-14(11-5-3-7-23-11)20-22(13)15(16)19-12/h3,5,7-8,10,17H,2,4,6,9H2,1H3,(H2,16,19). The number of nitrogen functional groups attached to an aromatic ring is 1. The van der Waals surface area contributed by atoms with Crippen molar-refractivity contribution in [1.29, 1.82) is 0 Å². The molecule has 1 unspecified atom stereocenters. The van der Waals surface area contributed by atoms with E-state index in [9.17, 15) is 0 Å². The van der Waals surface area contributed by atoms with Crippen LogP contribution < -0.4 is 16.0 Å². The minimum absolute atomic E-state index is 0.318. The van der Waals surface area contributed by atoms with Crippen molar-refractivity contribution in [3.8, 4) is 11.6 Å². The molecule has 4 heterocycles. The van der Waals surface area contributed by atoms with Gasteiger partial charge in [-0.2, -0.15) is 9.50 Å². The van der Waals surface area contributed by atoms with Crippen LogP contribution in [0.3, 0.4) is 0 Å². The number of furan rings is 1. The van der Waals surface area contributed by atoms with Gasteiger partial charge in [0.25, 0.3) is 0 Å². The largest absolute Gasteiger partial charge is 0.461 e. The molecule has 1 saturated heterocycles. The molecule has 3 N–H and O–H groups in total. The Bertz CT molecular complexity index is 805. The van der Waals surface area contributed by atoms with Crippen LogP contribution in [0.2, 0.25) is 0 Å². The molecule has 0 saturated carbocycles. The molecule has 0 bridgehead atoms. The number of nitrogens with two attached hydrogens (primary N) is 1. The Balaban J connectivity index is 1.71. The van der Waals surface area contributed by atoms with E-state index in [1.54, 1.807) is 12.3 Å². The maximum Gasteiger partial charge on any atom is 0.225 e. The van der Waals surface area contributed by atoms with Crippen LogP contribution in [0.1, 0.15) is 12.8 Å². The zero-order chi connectivity index (χ0) is 15.8. The van der Waals surface area contributed by atoms with Crippen molar-refractivity contribution in [2.45, 2.75) is 18.9 Å². The van der Waals surface area contributed by atoms with Gasteiger partial charge in [-0.3, -0.25) is 0 Å². The molecule has 0 aliphatic carbocycles. The predicted octanol–water partition coefficient (Wildman–Crippen LogP) is 1.15. The first-order valence-corrected chi connectivity index (χ1v) is 7.73. The fourth-order valence-electron chi connectivity index (χ4n) is 2.94. The van der Waals surface area contributed by atoms with Crippen LogP contribution in [0.25, 0.3) is 17.2 Å². The summed E-state index contributed by atoms with van der Waals surface area (Å²) in [5.41, 5.74) is 6.73. The third-order valence-electron chi connectivity index (χ3n) is 4.26. The molecule has 3 aromatic heterocycles. The molecule has 1 aliphatic rings. The smallest absolute Gasteiger partial charge is 0.225 e. The Kier molecular flexibility index (Phi) is 3.38. The Labute approximate surface area is 133 Å². The molecule has 0 radical (unpaired) electrons. The van der Waals surface area contributed by atoms with Gasteiger partial charge in [0, 0.05) is 25.7 Å². The summed E-state index contributed by atoms with van der Waals surface area (Å²) in [5.74, 6) is 2.24. The monoisotopic (exact) mass is 313 g/mol. The normalized spacial score (nSPS) is 18.4. The van der Waals surface area contributed by atoms with Crippen LogP contribution in [-0.2, 0) is 0 Å². The molecule has 8 nitrogen and oxygen atoms in total. The Hall–Kier alpha value is -2.61. The van der Waals surface area contributed by atoms with Crippen molar-refractivity contribution < 1.29 is 4.42 Å². The van der Waals surface area contributed by atoms with Gasteiger partial charge in [-0.25, -0.2) is 4.98 Å². The zero-order valence-electron chi connectivity index (χ0n) is 12.9. The minimum Gasteiger partial charge on any atom is -0.461 e. The lowest BCUT2D eigenvalue weighted by atomic mass is 10.1. The van der Waals surface area contributed by atoms with Crippen LogP contribution >= 0.6 is 0 Å². The van der Waals surface area contributed by atoms with Gasteiger partial charge < -0.3 is 20.4 Å². The number of anilines is 2. The molecule has 0 spiro atoms. The van der Waals surface area contributed by atoms with E-state index in [1.165, 1.54) is 10.9 Å². The SMILES string of the molecule is CN(c1cc2nc(-c3ccco3)nn2c(N)n1)C1CCCNC1. The van der Waals surface area contributed by atoms with Gasteiger partial charge in [0.1, 0.15) is 5.82 Å². The van der Waals surface area contributed by atoms with Crippen molar-refractivity contribution in [3.63, 3.8) is 0 Å². The van der Waals surface area contributed by atoms with Crippen LogP contribution in [0, 0.1) is 0 Å². The number of likely N-dealkylation sites (N-methyl/N-ethyl adjacent to an activating group) is 1. The lowest BCUT2D eigenvalue weighted by Crippen LogP contribution is -2.44. The van der Waals surface area contributed by atoms with Crippen molar-refractivity contribution in [2.24, 2.45) is 0 Å². The maximum absolute atomic E-state index is 6.07. The van der Waals surface area contributed by atoms with Gasteiger partial charge in [0.2, 0.25) is 11.8 Å². The number of fused-ring (bicyclic) bond motifs is 1. The van der Waals surface area contributed by atoms with Gasteiger partial charge in [-0.05, 0) is 31.5 Å². The summed E-state index contributed by atoms with van der Waals surface area (Å²) in [6.45, 7) is 2.03. The average molecular weight is 313 g/mol. The molecule has 4 rings (SSSR count). The number of aromatic nitrogens is 4. The number of nitrogens with zero attached hydrogens (tertiary/aromatic N) is 5. The van der Waals surface area contributed by atoms with Crippen LogP contribution in [-0.4, -0.2) is 45.8 Å². The van der Waals surface area contributed by atoms with Gasteiger partial charge in [0.05, 0.1) is 6.26 Å². The third kappa shape index (κ3) is 2.50. The first kappa shape index (κ1) is 14.0. The van der Waals surface area contributed by atoms with Crippen LogP contribution in [0.15, 0.2) is 28.9 Å². The second kappa shape index (κ2) is 5.54. The van der Waals surface area contributed by atoms with Gasteiger partial charge in [-0.15, -0.1) is 5.10 Å². The van der Waals surface area contributed by atoms with Gasteiger partial charge in [0.15, 0.2) is 11.4 Å². The quantitative estimate of drug-likeness (QED) is 0.748. The summed E-state index contributed by atoms with van der Waals surface area (Å²) in [6, 6.07) is 5.94. The van der Waals surface area contributed by atoms with E-state index in [-0.39, 0.29) is 0 Å². The summed E-state index contributed by atoms with van der Waals surface area (Å²) in [4.78, 5) is 11.1. The van der Waals surface area contributed by atoms with E-state index >= 15 is 0 Å². The number of hydrogen-bond acceptors (Lipinski definition) is 7. The molecule has 1 aliphatic heterocycles. The van der Waals surface area contributed by atoms with Crippen LogP contribution in [0.4, 0.5) is 11.8 Å². The van der Waals surface area contributed by atoms with E-state index in [0.29, 0.717) is 29.2 Å². The van der Waals surface area contributed by atoms with Crippen molar-refractivity contribution in [2.75, 3.05) is 30.8 Å². The highest BCUT2D eigenvalue weighted by molar-refractivity contribution is 5.59. The zero-order valence-corrected chi connectivity index (χ0v) is 12.9. The van der Waals surface area contributed by atoms with E-state index in [2.05, 4.69) is 25.3 Å². The molecule has 3 aromatic rings. The maximum atomic E-state index is 6.07. The number of nitrogens with one attached hydrogen (secondary N) is 1. The third-order valence-corrected chi connectivity index (χ3v) is 4.26. The Morgan fingerprint density at radius 2 is 2.35 bits per heavy atom. The summed E-state index contributed by atoms with van der Waals surface area (Å²) < 4.78 is 6.88. The molecule has 120 valence electrons. The Morgan fingerprint density at radius 3 is 3.09 bits per heavy atom. The molecule has 23 heavy (non-hydrogen) atoms. The van der Waals surface area contributed by atoms with Crippen molar-refractivity contribution in [1.82, 2.24) is 24.9 Å². The second-order valence-electron chi connectivity index (χ2n) is 5.77. The van der Waals surface area contributed by atoms with E-state index < -0.39 is 0 Å². The van der Waals surface area contributed by atoms with Crippen LogP contribution in [0.5, 0.6) is 0 Å². The summed E-state index contributed by atoms with van der Waals surface area (Å²) in [5, 5.41) is 7.77. The first-order chi connectivity index (χ1) is 11.2. The second-order valence-corrected chi connectivity index (χ2v) is 5.77. The number of piperidine rings is 1. The first-order valence-electron chi connectivity index (χ1n) is 7.73. The molecule has 8 heteroatoms. The number of hydrogen-bond donors (Lipinski definition) is 2. The van der Waals surface area contributed by atoms with E-state index in [0.717, 1.165) is 25.3 Å². The highest BCUT2D eigenvalue weighted by atomic mass is 16.3. The predicted molar refractivity (Wildman–Crippen MR) is 87.2 cm³/mol. The number of rotatable bonds is 3. The fourth-order valence-corrected chi connectivity index (χ4v) is 2.94. The van der Waals surface area contributed by atoms with E-state index in [1.807, 2.05) is 19.2 Å². The van der Waals surface area contributed by atoms with E-state index in [4.69, 9.17) is 10.2 Å². The molecular weight excluding hydrogens is 294 g/mol. The van der Waals surface area contributed by atoms with Crippen molar-refractivity contribution in [3.05, 3.63) is 24.5 Å². The molecule has 1 atom stereocenters. The Morgan fingerprint density at radius 1 is 1.43 bits per heavy atom. The molecule has 0 amide bonds. The van der Waals surface area contributed by atoms with Gasteiger partial charge in [-0.1, -0.05) is 0 Å². The summed E-state index contributed by atoms with van der Waals surface area (Å²) in [7, 11) is 2.04. The van der Waals surface area contributed by atoms with Gasteiger partial charge >= 0.3 is 0 Å². The summed E-state index contributed by atoms with van der Waals surface area (Å²) >= 11 is 0. The molecular formula is C15H19N7O. The summed E-state index contributed by atoms with van der Waals surface area (Å²) in [6.07, 6.45) is 3.90. The fraction of sp³-hybridized carbons (Fsp3) is 0.400. The topological polar surface area (TPSA) is 97.5 Å². The average Bonchev–Trinajstić information content (AvgIpc) is 3.24. The molecule has 0 aromatic carbocycles. The van der Waals surface area contributed by atoms with Crippen molar-refractivity contribution >= 4 is 17.4 Å². The highest BCUT2D eigenvalue weighted by Gasteiger charge is 2.21. The lowest BCUT2D eigenvalue weighted by molar-refractivity contribution is 0.443. The molecule has 1 fully saturated rings. The minimum atomic E-state index is 0.318. The lowest BCUT2D eigenvalue weighted by Gasteiger charge is -2.32.